The van der Waals surface area contributed by atoms with E-state index in [1.165, 1.54) is 18.6 Å². The quantitative estimate of drug-likeness (QED) is 0.804. The number of amides is 2. The first-order valence-electron chi connectivity index (χ1n) is 6.70. The van der Waals surface area contributed by atoms with E-state index in [-0.39, 0.29) is 24.6 Å². The van der Waals surface area contributed by atoms with Crippen LogP contribution in [0.15, 0.2) is 42.9 Å². The van der Waals surface area contributed by atoms with Crippen molar-refractivity contribution in [3.63, 3.8) is 0 Å². The smallest absolute Gasteiger partial charge is 0.289 e. The maximum absolute atomic E-state index is 11.6. The molecule has 2 aromatic rings. The molecule has 1 aromatic carbocycles. The molecule has 0 unspecified atom stereocenters. The van der Waals surface area contributed by atoms with E-state index >= 15 is 0 Å². The van der Waals surface area contributed by atoms with E-state index in [9.17, 15) is 9.59 Å². The Morgan fingerprint density at radius 3 is 2.82 bits per heavy atom. The molecular weight excluding hydrogens is 284 g/mol. The Labute approximate surface area is 127 Å². The first-order chi connectivity index (χ1) is 10.6. The van der Waals surface area contributed by atoms with Crippen molar-refractivity contribution in [3.8, 4) is 5.75 Å². The zero-order valence-electron chi connectivity index (χ0n) is 12.1. The Morgan fingerprint density at radius 2 is 2.09 bits per heavy atom. The molecule has 2 N–H and O–H groups in total. The van der Waals surface area contributed by atoms with Crippen LogP contribution in [0.3, 0.4) is 0 Å². The van der Waals surface area contributed by atoms with Crippen molar-refractivity contribution < 1.29 is 14.3 Å². The predicted octanol–water partition coefficient (Wildman–Crippen LogP) is 1.02. The maximum Gasteiger partial charge on any atom is 0.289 e. The highest BCUT2D eigenvalue weighted by molar-refractivity contribution is 5.93. The van der Waals surface area contributed by atoms with Gasteiger partial charge in [0, 0.05) is 12.4 Å². The van der Waals surface area contributed by atoms with E-state index in [1.807, 2.05) is 31.2 Å². The standard InChI is InChI=1S/C15H16N4O3/c1-11-3-2-4-12(9-11)22-8-5-14(20)18-19-15(21)13-10-16-6-7-17-13/h2-4,6-7,9-10H,5,8H2,1H3,(H,18,20)(H,19,21). The van der Waals surface area contributed by atoms with Gasteiger partial charge in [0.05, 0.1) is 19.2 Å². The number of benzene rings is 1. The van der Waals surface area contributed by atoms with E-state index in [4.69, 9.17) is 4.74 Å². The minimum Gasteiger partial charge on any atom is -0.493 e. The largest absolute Gasteiger partial charge is 0.493 e. The second kappa shape index (κ2) is 7.72. The van der Waals surface area contributed by atoms with Gasteiger partial charge in [-0.15, -0.1) is 0 Å². The molecule has 2 rings (SSSR count). The van der Waals surface area contributed by atoms with Gasteiger partial charge in [0.2, 0.25) is 5.91 Å². The first-order valence-corrected chi connectivity index (χ1v) is 6.70. The van der Waals surface area contributed by atoms with Crippen LogP contribution < -0.4 is 15.6 Å². The second-order valence-electron chi connectivity index (χ2n) is 4.51. The van der Waals surface area contributed by atoms with Gasteiger partial charge in [-0.05, 0) is 24.6 Å². The summed E-state index contributed by atoms with van der Waals surface area (Å²) >= 11 is 0. The fourth-order valence-electron chi connectivity index (χ4n) is 1.64. The number of ether oxygens (including phenoxy) is 1. The lowest BCUT2D eigenvalue weighted by Crippen LogP contribution is -2.42. The fourth-order valence-corrected chi connectivity index (χ4v) is 1.64. The monoisotopic (exact) mass is 300 g/mol. The van der Waals surface area contributed by atoms with Crippen molar-refractivity contribution in [2.45, 2.75) is 13.3 Å². The highest BCUT2D eigenvalue weighted by Gasteiger charge is 2.08. The van der Waals surface area contributed by atoms with Gasteiger partial charge < -0.3 is 4.74 Å². The highest BCUT2D eigenvalue weighted by Crippen LogP contribution is 2.12. The summed E-state index contributed by atoms with van der Waals surface area (Å²) < 4.78 is 5.45. The SMILES string of the molecule is Cc1cccc(OCCC(=O)NNC(=O)c2cnccn2)c1. The number of hydrogen-bond donors (Lipinski definition) is 2. The van der Waals surface area contributed by atoms with Crippen molar-refractivity contribution >= 4 is 11.8 Å². The minimum atomic E-state index is -0.527. The molecule has 7 nitrogen and oxygen atoms in total. The van der Waals surface area contributed by atoms with Crippen molar-refractivity contribution in [1.82, 2.24) is 20.8 Å². The second-order valence-corrected chi connectivity index (χ2v) is 4.51. The normalized spacial score (nSPS) is 9.86. The van der Waals surface area contributed by atoms with Crippen LogP contribution in [0, 0.1) is 6.92 Å². The van der Waals surface area contributed by atoms with E-state index < -0.39 is 5.91 Å². The number of hydrogen-bond acceptors (Lipinski definition) is 5. The molecule has 0 atom stereocenters. The summed E-state index contributed by atoms with van der Waals surface area (Å²) in [4.78, 5) is 30.8. The summed E-state index contributed by atoms with van der Waals surface area (Å²) in [6.45, 7) is 2.18. The average Bonchev–Trinajstić information content (AvgIpc) is 2.53. The molecule has 2 amide bonds. The number of rotatable bonds is 5. The number of carbonyl (C=O) groups excluding carboxylic acids is 2. The van der Waals surface area contributed by atoms with Gasteiger partial charge in [-0.1, -0.05) is 12.1 Å². The van der Waals surface area contributed by atoms with Crippen LogP contribution in [0.5, 0.6) is 5.75 Å². The molecule has 0 bridgehead atoms. The maximum atomic E-state index is 11.6. The zero-order valence-corrected chi connectivity index (χ0v) is 12.1. The van der Waals surface area contributed by atoms with E-state index in [1.54, 1.807) is 0 Å². The van der Waals surface area contributed by atoms with Gasteiger partial charge in [-0.2, -0.15) is 0 Å². The van der Waals surface area contributed by atoms with Crippen LogP contribution in [-0.2, 0) is 4.79 Å². The van der Waals surface area contributed by atoms with Gasteiger partial charge in [-0.25, -0.2) is 4.98 Å². The number of carbonyl (C=O) groups is 2. The minimum absolute atomic E-state index is 0.120. The Morgan fingerprint density at radius 1 is 1.23 bits per heavy atom. The molecule has 1 heterocycles. The zero-order chi connectivity index (χ0) is 15.8. The molecule has 0 spiro atoms. The van der Waals surface area contributed by atoms with Crippen molar-refractivity contribution in [2.75, 3.05) is 6.61 Å². The molecule has 1 aromatic heterocycles. The summed E-state index contributed by atoms with van der Waals surface area (Å²) in [5.41, 5.74) is 5.76. The molecule has 0 saturated heterocycles. The van der Waals surface area contributed by atoms with Gasteiger partial charge in [0.25, 0.3) is 5.91 Å². The molecule has 0 aliphatic heterocycles. The average molecular weight is 300 g/mol. The summed E-state index contributed by atoms with van der Waals surface area (Å²) in [5, 5.41) is 0. The van der Waals surface area contributed by atoms with Gasteiger partial charge >= 0.3 is 0 Å². The van der Waals surface area contributed by atoms with Crippen LogP contribution in [-0.4, -0.2) is 28.4 Å². The van der Waals surface area contributed by atoms with Crippen molar-refractivity contribution in [2.24, 2.45) is 0 Å². The fraction of sp³-hybridized carbons (Fsp3) is 0.200. The number of nitrogens with one attached hydrogen (secondary N) is 2. The number of aryl methyl sites for hydroxylation is 1. The molecule has 0 fully saturated rings. The Bertz CT molecular complexity index is 646. The Balaban J connectivity index is 1.69. The van der Waals surface area contributed by atoms with E-state index in [0.29, 0.717) is 5.75 Å². The summed E-state index contributed by atoms with van der Waals surface area (Å²) in [6, 6.07) is 7.54. The molecule has 0 aliphatic rings. The molecule has 0 aliphatic carbocycles. The third-order valence-corrected chi connectivity index (χ3v) is 2.70. The third kappa shape index (κ3) is 4.86. The van der Waals surface area contributed by atoms with Gasteiger partial charge in [0.15, 0.2) is 0 Å². The van der Waals surface area contributed by atoms with Crippen LogP contribution >= 0.6 is 0 Å². The molecular formula is C15H16N4O3. The Hall–Kier alpha value is -2.96. The van der Waals surface area contributed by atoms with Gasteiger partial charge in [-0.3, -0.25) is 25.4 Å². The molecule has 0 radical (unpaired) electrons. The lowest BCUT2D eigenvalue weighted by atomic mass is 10.2. The molecule has 114 valence electrons. The lowest BCUT2D eigenvalue weighted by molar-refractivity contribution is -0.122. The van der Waals surface area contributed by atoms with Crippen LogP contribution in [0.2, 0.25) is 0 Å². The Kier molecular flexibility index (Phi) is 5.42. The summed E-state index contributed by atoms with van der Waals surface area (Å²) in [6.07, 6.45) is 4.28. The third-order valence-electron chi connectivity index (χ3n) is 2.70. The highest BCUT2D eigenvalue weighted by atomic mass is 16.5. The number of nitrogens with zero attached hydrogens (tertiary/aromatic N) is 2. The first kappa shape index (κ1) is 15.4. The lowest BCUT2D eigenvalue weighted by Gasteiger charge is -2.08. The summed E-state index contributed by atoms with van der Waals surface area (Å²) in [5.74, 6) is -0.178. The van der Waals surface area contributed by atoms with Crippen LogP contribution in [0.4, 0.5) is 0 Å². The van der Waals surface area contributed by atoms with Crippen molar-refractivity contribution in [3.05, 3.63) is 54.1 Å². The molecule has 7 heteroatoms. The molecule has 0 saturated carbocycles. The van der Waals surface area contributed by atoms with Crippen molar-refractivity contribution in [1.29, 1.82) is 0 Å². The predicted molar refractivity (Wildman–Crippen MR) is 78.9 cm³/mol. The van der Waals surface area contributed by atoms with Crippen LogP contribution in [0.25, 0.3) is 0 Å². The summed E-state index contributed by atoms with van der Waals surface area (Å²) in [7, 11) is 0. The van der Waals surface area contributed by atoms with E-state index in [0.717, 1.165) is 5.56 Å². The van der Waals surface area contributed by atoms with Crippen LogP contribution in [0.1, 0.15) is 22.5 Å². The number of hydrazine groups is 1. The van der Waals surface area contributed by atoms with E-state index in [2.05, 4.69) is 20.8 Å². The topological polar surface area (TPSA) is 93.2 Å². The number of aromatic nitrogens is 2. The molecule has 22 heavy (non-hydrogen) atoms. The van der Waals surface area contributed by atoms with Gasteiger partial charge in [0.1, 0.15) is 11.4 Å².